The lowest BCUT2D eigenvalue weighted by Crippen LogP contribution is -2.45. The lowest BCUT2D eigenvalue weighted by Gasteiger charge is -2.31. The lowest BCUT2D eigenvalue weighted by atomic mass is 9.91. The van der Waals surface area contributed by atoms with E-state index < -0.39 is 6.09 Å². The van der Waals surface area contributed by atoms with Gasteiger partial charge in [0.15, 0.2) is 0 Å². The van der Waals surface area contributed by atoms with Crippen molar-refractivity contribution in [1.82, 2.24) is 15.3 Å². The molecular weight excluding hydrogens is 358 g/mol. The summed E-state index contributed by atoms with van der Waals surface area (Å²) in [7, 11) is 0. The number of rotatable bonds is 6. The Balaban J connectivity index is 1.72. The monoisotopic (exact) mass is 391 g/mol. The summed E-state index contributed by atoms with van der Waals surface area (Å²) in [5.74, 6) is 1.65. The van der Waals surface area contributed by atoms with Gasteiger partial charge in [0.25, 0.3) is 0 Å². The minimum atomic E-state index is -0.398. The van der Waals surface area contributed by atoms with Gasteiger partial charge in [-0.15, -0.1) is 0 Å². The number of carbonyl (C=O) groups is 1. The largest absolute Gasteiger partial charge is 0.447 e. The van der Waals surface area contributed by atoms with Crippen molar-refractivity contribution in [3.8, 4) is 0 Å². The van der Waals surface area contributed by atoms with E-state index in [-0.39, 0.29) is 30.4 Å². The molecule has 3 atom stereocenters. The maximum absolute atomic E-state index is 12.4. The molecule has 2 aliphatic rings. The summed E-state index contributed by atoms with van der Waals surface area (Å²) < 4.78 is 11.4. The van der Waals surface area contributed by atoms with E-state index in [1.54, 1.807) is 17.2 Å². The van der Waals surface area contributed by atoms with E-state index in [4.69, 9.17) is 9.47 Å². The fraction of sp³-hybridized carbons (Fsp3) is 0.750. The molecule has 0 saturated carbocycles. The standard InChI is InChI=1S/C20H33N5O3/c1-13(15-6-9-21-10-7-15)23-18-22-11-8-17(24-18)25-16(12-27-19(25)26)14(2)28-20(3,4)5/h8,11,13-16,21H,6-7,9-10,12H2,1-5H3,(H,22,23,24)/t13-,14-,16?/m0/s1. The quantitative estimate of drug-likeness (QED) is 0.771. The number of piperidine rings is 1. The lowest BCUT2D eigenvalue weighted by molar-refractivity contribution is -0.0618. The SMILES string of the molecule is C[C@H](Nc1nccc(N2C(=O)OCC2[C@H](C)OC(C)(C)C)n1)C1CCNCC1. The van der Waals surface area contributed by atoms with E-state index in [0.717, 1.165) is 25.9 Å². The normalized spacial score (nSPS) is 23.4. The van der Waals surface area contributed by atoms with Gasteiger partial charge in [-0.25, -0.2) is 9.78 Å². The molecule has 1 aromatic heterocycles. The predicted molar refractivity (Wildman–Crippen MR) is 109 cm³/mol. The van der Waals surface area contributed by atoms with Crippen molar-refractivity contribution in [3.63, 3.8) is 0 Å². The summed E-state index contributed by atoms with van der Waals surface area (Å²) in [6, 6.07) is 1.78. The molecule has 2 N–H and O–H groups in total. The first-order chi connectivity index (χ1) is 13.2. The highest BCUT2D eigenvalue weighted by Crippen LogP contribution is 2.27. The molecule has 8 heteroatoms. The summed E-state index contributed by atoms with van der Waals surface area (Å²) in [6.07, 6.45) is 3.36. The van der Waals surface area contributed by atoms with Crippen LogP contribution in [0.1, 0.15) is 47.5 Å². The van der Waals surface area contributed by atoms with Gasteiger partial charge in [-0.1, -0.05) is 0 Å². The molecule has 8 nitrogen and oxygen atoms in total. The van der Waals surface area contributed by atoms with Crippen LogP contribution in [-0.2, 0) is 9.47 Å². The second-order valence-corrected chi connectivity index (χ2v) is 8.71. The van der Waals surface area contributed by atoms with E-state index in [1.165, 1.54) is 0 Å². The van der Waals surface area contributed by atoms with Crippen LogP contribution in [0.3, 0.4) is 0 Å². The Morgan fingerprint density at radius 3 is 2.71 bits per heavy atom. The van der Waals surface area contributed by atoms with Crippen LogP contribution in [-0.4, -0.2) is 59.5 Å². The number of cyclic esters (lactones) is 1. The average molecular weight is 392 g/mol. The summed E-state index contributed by atoms with van der Waals surface area (Å²) in [4.78, 5) is 22.9. The summed E-state index contributed by atoms with van der Waals surface area (Å²) in [5.41, 5.74) is -0.306. The summed E-state index contributed by atoms with van der Waals surface area (Å²) >= 11 is 0. The van der Waals surface area contributed by atoms with Crippen LogP contribution in [0, 0.1) is 5.92 Å². The molecule has 0 aromatic carbocycles. The third-order valence-electron chi connectivity index (χ3n) is 5.32. The van der Waals surface area contributed by atoms with Gasteiger partial charge in [0.05, 0.1) is 11.7 Å². The summed E-state index contributed by atoms with van der Waals surface area (Å²) in [6.45, 7) is 12.5. The molecule has 2 aliphatic heterocycles. The fourth-order valence-corrected chi connectivity index (χ4v) is 3.90. The maximum atomic E-state index is 12.4. The number of hydrogen-bond donors (Lipinski definition) is 2. The molecule has 2 saturated heterocycles. The van der Waals surface area contributed by atoms with Crippen LogP contribution in [0.4, 0.5) is 16.6 Å². The zero-order valence-corrected chi connectivity index (χ0v) is 17.6. The number of nitrogens with zero attached hydrogens (tertiary/aromatic N) is 3. The molecule has 3 rings (SSSR count). The van der Waals surface area contributed by atoms with Crippen molar-refractivity contribution in [3.05, 3.63) is 12.3 Å². The smallest absolute Gasteiger partial charge is 0.416 e. The fourth-order valence-electron chi connectivity index (χ4n) is 3.90. The zero-order chi connectivity index (χ0) is 20.3. The van der Waals surface area contributed by atoms with Gasteiger partial charge < -0.3 is 20.1 Å². The van der Waals surface area contributed by atoms with E-state index in [2.05, 4.69) is 27.5 Å². The highest BCUT2D eigenvalue weighted by Gasteiger charge is 2.40. The van der Waals surface area contributed by atoms with Crippen molar-refractivity contribution in [2.75, 3.05) is 29.9 Å². The van der Waals surface area contributed by atoms with E-state index in [0.29, 0.717) is 17.7 Å². The second kappa shape index (κ2) is 8.61. The third kappa shape index (κ3) is 5.11. The third-order valence-corrected chi connectivity index (χ3v) is 5.32. The highest BCUT2D eigenvalue weighted by molar-refractivity contribution is 5.89. The number of anilines is 2. The topological polar surface area (TPSA) is 88.6 Å². The van der Waals surface area contributed by atoms with Gasteiger partial charge in [0, 0.05) is 12.2 Å². The predicted octanol–water partition coefficient (Wildman–Crippen LogP) is 2.81. The number of carbonyl (C=O) groups excluding carboxylic acids is 1. The van der Waals surface area contributed by atoms with Gasteiger partial charge >= 0.3 is 6.09 Å². The van der Waals surface area contributed by atoms with Gasteiger partial charge in [-0.05, 0) is 72.5 Å². The van der Waals surface area contributed by atoms with Crippen molar-refractivity contribution in [2.24, 2.45) is 5.92 Å². The van der Waals surface area contributed by atoms with Gasteiger partial charge in [0.2, 0.25) is 5.95 Å². The molecule has 28 heavy (non-hydrogen) atoms. The maximum Gasteiger partial charge on any atom is 0.416 e. The average Bonchev–Trinajstić information content (AvgIpc) is 3.03. The van der Waals surface area contributed by atoms with Crippen LogP contribution in [0.5, 0.6) is 0 Å². The van der Waals surface area contributed by atoms with Gasteiger partial charge in [-0.3, -0.25) is 4.90 Å². The molecule has 0 aliphatic carbocycles. The Hall–Kier alpha value is -1.93. The van der Waals surface area contributed by atoms with Crippen molar-refractivity contribution in [1.29, 1.82) is 0 Å². The van der Waals surface area contributed by atoms with Crippen LogP contribution in [0.15, 0.2) is 12.3 Å². The van der Waals surface area contributed by atoms with Crippen LogP contribution in [0.25, 0.3) is 0 Å². The highest BCUT2D eigenvalue weighted by atomic mass is 16.6. The Kier molecular flexibility index (Phi) is 6.40. The molecule has 1 aromatic rings. The van der Waals surface area contributed by atoms with E-state index in [1.807, 2.05) is 27.7 Å². The first-order valence-corrected chi connectivity index (χ1v) is 10.2. The minimum Gasteiger partial charge on any atom is -0.447 e. The molecule has 0 bridgehead atoms. The van der Waals surface area contributed by atoms with Gasteiger partial charge in [0.1, 0.15) is 18.5 Å². The Morgan fingerprint density at radius 2 is 2.04 bits per heavy atom. The number of nitrogens with one attached hydrogen (secondary N) is 2. The molecule has 3 heterocycles. The number of ether oxygens (including phenoxy) is 2. The molecular formula is C20H33N5O3. The first-order valence-electron chi connectivity index (χ1n) is 10.2. The Bertz CT molecular complexity index is 672. The molecule has 1 amide bonds. The number of amides is 1. The zero-order valence-electron chi connectivity index (χ0n) is 17.6. The van der Waals surface area contributed by atoms with Crippen molar-refractivity contribution < 1.29 is 14.3 Å². The first kappa shape index (κ1) is 20.8. The van der Waals surface area contributed by atoms with Crippen LogP contribution >= 0.6 is 0 Å². The Morgan fingerprint density at radius 1 is 1.32 bits per heavy atom. The van der Waals surface area contributed by atoms with E-state index >= 15 is 0 Å². The van der Waals surface area contributed by atoms with Crippen LogP contribution in [0.2, 0.25) is 0 Å². The molecule has 0 radical (unpaired) electrons. The molecule has 0 spiro atoms. The minimum absolute atomic E-state index is 0.188. The molecule has 156 valence electrons. The van der Waals surface area contributed by atoms with E-state index in [9.17, 15) is 4.79 Å². The molecule has 1 unspecified atom stereocenters. The van der Waals surface area contributed by atoms with Gasteiger partial charge in [-0.2, -0.15) is 4.98 Å². The number of aromatic nitrogens is 2. The summed E-state index contributed by atoms with van der Waals surface area (Å²) in [5, 5.41) is 6.80. The molecule has 2 fully saturated rings. The second-order valence-electron chi connectivity index (χ2n) is 8.71. The van der Waals surface area contributed by atoms with Crippen LogP contribution < -0.4 is 15.5 Å². The number of hydrogen-bond acceptors (Lipinski definition) is 7. The Labute approximate surface area is 167 Å². The van der Waals surface area contributed by atoms with Crippen molar-refractivity contribution >= 4 is 17.9 Å². The van der Waals surface area contributed by atoms with Crippen molar-refractivity contribution in [2.45, 2.75) is 71.2 Å².